The Morgan fingerprint density at radius 3 is 2.35 bits per heavy atom. The van der Waals surface area contributed by atoms with Crippen LogP contribution in [0.15, 0.2) is 60.8 Å². The summed E-state index contributed by atoms with van der Waals surface area (Å²) in [4.78, 5) is 16.6. The summed E-state index contributed by atoms with van der Waals surface area (Å²) in [6.07, 6.45) is 1.66. The Morgan fingerprint density at radius 1 is 0.962 bits per heavy atom. The minimum absolute atomic E-state index is 0.225. The lowest BCUT2D eigenvalue weighted by atomic mass is 10.1. The van der Waals surface area contributed by atoms with Crippen LogP contribution in [0.2, 0.25) is 5.02 Å². The lowest BCUT2D eigenvalue weighted by Crippen LogP contribution is -2.14. The third-order valence-electron chi connectivity index (χ3n) is 4.17. The normalized spacial score (nSPS) is 10.4. The van der Waals surface area contributed by atoms with Gasteiger partial charge in [-0.15, -0.1) is 0 Å². The molecule has 0 unspecified atom stereocenters. The second kappa shape index (κ2) is 8.02. The van der Waals surface area contributed by atoms with Gasteiger partial charge < -0.3 is 10.6 Å². The fraction of sp³-hybridized carbons (Fsp3) is 0.143. The van der Waals surface area contributed by atoms with E-state index in [4.69, 9.17) is 11.6 Å². The maximum Gasteiger partial charge on any atom is 0.274 e. The van der Waals surface area contributed by atoms with Crippen LogP contribution in [0.3, 0.4) is 0 Å². The first-order valence-corrected chi connectivity index (χ1v) is 8.72. The van der Waals surface area contributed by atoms with Gasteiger partial charge in [0.2, 0.25) is 0 Å². The molecule has 2 N–H and O–H groups in total. The van der Waals surface area contributed by atoms with E-state index >= 15 is 0 Å². The van der Waals surface area contributed by atoms with Gasteiger partial charge in [0.05, 0.1) is 11.9 Å². The van der Waals surface area contributed by atoms with E-state index in [1.165, 1.54) is 5.56 Å². The number of pyridine rings is 1. The number of hydrogen-bond acceptors (Lipinski definition) is 3. The predicted molar refractivity (Wildman–Crippen MR) is 107 cm³/mol. The summed E-state index contributed by atoms with van der Waals surface area (Å²) in [5.74, 6) is -0.225. The monoisotopic (exact) mass is 365 g/mol. The summed E-state index contributed by atoms with van der Waals surface area (Å²) in [6, 6.07) is 17.0. The van der Waals surface area contributed by atoms with Gasteiger partial charge in [0.15, 0.2) is 0 Å². The van der Waals surface area contributed by atoms with E-state index in [1.807, 2.05) is 62.4 Å². The van der Waals surface area contributed by atoms with Crippen molar-refractivity contribution in [3.05, 3.63) is 88.2 Å². The Hall–Kier alpha value is -2.85. The fourth-order valence-electron chi connectivity index (χ4n) is 2.45. The Morgan fingerprint density at radius 2 is 1.69 bits per heavy atom. The molecule has 3 rings (SSSR count). The maximum atomic E-state index is 12.3. The van der Waals surface area contributed by atoms with Crippen LogP contribution in [0.4, 0.5) is 11.4 Å². The first kappa shape index (κ1) is 18.0. The number of anilines is 2. The SMILES string of the molecule is Cc1ccc(NC(=O)c2ccc(NCc3ccc(Cl)cc3)cn2)cc1C. The summed E-state index contributed by atoms with van der Waals surface area (Å²) >= 11 is 5.88. The highest BCUT2D eigenvalue weighted by Gasteiger charge is 2.08. The van der Waals surface area contributed by atoms with Gasteiger partial charge in [-0.2, -0.15) is 0 Å². The van der Waals surface area contributed by atoms with E-state index < -0.39 is 0 Å². The standard InChI is InChI=1S/C21H20ClN3O/c1-14-3-8-18(11-15(14)2)25-21(26)20-10-9-19(13-24-20)23-12-16-4-6-17(22)7-5-16/h3-11,13,23H,12H2,1-2H3,(H,25,26). The van der Waals surface area contributed by atoms with Gasteiger partial charge in [-0.05, 0) is 66.9 Å². The molecule has 0 saturated heterocycles. The zero-order valence-corrected chi connectivity index (χ0v) is 15.5. The molecule has 0 fully saturated rings. The topological polar surface area (TPSA) is 54.0 Å². The third kappa shape index (κ3) is 4.61. The molecule has 0 atom stereocenters. The smallest absolute Gasteiger partial charge is 0.274 e. The molecule has 2 aromatic carbocycles. The molecule has 0 bridgehead atoms. The van der Waals surface area contributed by atoms with Crippen molar-refractivity contribution in [1.29, 1.82) is 0 Å². The number of nitrogens with zero attached hydrogens (tertiary/aromatic N) is 1. The molecule has 1 amide bonds. The number of aromatic nitrogens is 1. The van der Waals surface area contributed by atoms with E-state index in [0.29, 0.717) is 12.2 Å². The Kier molecular flexibility index (Phi) is 5.54. The largest absolute Gasteiger partial charge is 0.380 e. The summed E-state index contributed by atoms with van der Waals surface area (Å²) in [7, 11) is 0. The lowest BCUT2D eigenvalue weighted by Gasteiger charge is -2.09. The highest BCUT2D eigenvalue weighted by Crippen LogP contribution is 2.16. The van der Waals surface area contributed by atoms with Crippen molar-refractivity contribution in [2.75, 3.05) is 10.6 Å². The maximum absolute atomic E-state index is 12.3. The number of aryl methyl sites for hydroxylation is 2. The molecular weight excluding hydrogens is 346 g/mol. The molecule has 4 nitrogen and oxygen atoms in total. The molecule has 0 aliphatic carbocycles. The van der Waals surface area contributed by atoms with Crippen molar-refractivity contribution in [1.82, 2.24) is 4.98 Å². The van der Waals surface area contributed by atoms with Crippen LogP contribution in [0.25, 0.3) is 0 Å². The second-order valence-electron chi connectivity index (χ2n) is 6.17. The van der Waals surface area contributed by atoms with Gasteiger partial charge in [-0.3, -0.25) is 4.79 Å². The lowest BCUT2D eigenvalue weighted by molar-refractivity contribution is 0.102. The van der Waals surface area contributed by atoms with Crippen LogP contribution in [-0.4, -0.2) is 10.9 Å². The number of nitrogens with one attached hydrogen (secondary N) is 2. The van der Waals surface area contributed by atoms with Crippen LogP contribution in [0, 0.1) is 13.8 Å². The predicted octanol–water partition coefficient (Wildman–Crippen LogP) is 5.22. The highest BCUT2D eigenvalue weighted by molar-refractivity contribution is 6.30. The summed E-state index contributed by atoms with van der Waals surface area (Å²) < 4.78 is 0. The van der Waals surface area contributed by atoms with Crippen LogP contribution >= 0.6 is 11.6 Å². The molecule has 0 saturated carbocycles. The van der Waals surface area contributed by atoms with Crippen molar-refractivity contribution in [2.45, 2.75) is 20.4 Å². The third-order valence-corrected chi connectivity index (χ3v) is 4.42. The minimum atomic E-state index is -0.225. The van der Waals surface area contributed by atoms with Crippen LogP contribution in [-0.2, 0) is 6.54 Å². The molecule has 0 aliphatic rings. The molecule has 5 heteroatoms. The van der Waals surface area contributed by atoms with E-state index in [0.717, 1.165) is 27.5 Å². The molecule has 3 aromatic rings. The average Bonchev–Trinajstić information content (AvgIpc) is 2.65. The zero-order valence-electron chi connectivity index (χ0n) is 14.7. The van der Waals surface area contributed by atoms with Crippen molar-refractivity contribution >= 4 is 28.9 Å². The van der Waals surface area contributed by atoms with Gasteiger partial charge in [0, 0.05) is 17.3 Å². The van der Waals surface area contributed by atoms with Crippen molar-refractivity contribution in [3.63, 3.8) is 0 Å². The second-order valence-corrected chi connectivity index (χ2v) is 6.60. The average molecular weight is 366 g/mol. The molecule has 1 heterocycles. The molecule has 26 heavy (non-hydrogen) atoms. The molecule has 0 aliphatic heterocycles. The van der Waals surface area contributed by atoms with Crippen molar-refractivity contribution < 1.29 is 4.79 Å². The van der Waals surface area contributed by atoms with Crippen LogP contribution in [0.1, 0.15) is 27.2 Å². The molecule has 132 valence electrons. The summed E-state index contributed by atoms with van der Waals surface area (Å²) in [6.45, 7) is 4.72. The zero-order chi connectivity index (χ0) is 18.5. The molecule has 0 spiro atoms. The van der Waals surface area contributed by atoms with Gasteiger partial charge in [0.25, 0.3) is 5.91 Å². The van der Waals surface area contributed by atoms with Crippen LogP contribution in [0.5, 0.6) is 0 Å². The van der Waals surface area contributed by atoms with E-state index in [1.54, 1.807) is 12.3 Å². The van der Waals surface area contributed by atoms with E-state index in [-0.39, 0.29) is 5.91 Å². The van der Waals surface area contributed by atoms with Crippen molar-refractivity contribution in [3.8, 4) is 0 Å². The molecule has 0 radical (unpaired) electrons. The number of carbonyl (C=O) groups is 1. The molecular formula is C21H20ClN3O. The van der Waals surface area contributed by atoms with E-state index in [9.17, 15) is 4.79 Å². The van der Waals surface area contributed by atoms with E-state index in [2.05, 4.69) is 15.6 Å². The van der Waals surface area contributed by atoms with Gasteiger partial charge in [-0.25, -0.2) is 4.98 Å². The number of hydrogen-bond donors (Lipinski definition) is 2. The Bertz CT molecular complexity index is 906. The number of halogens is 1. The summed E-state index contributed by atoms with van der Waals surface area (Å²) in [5.41, 5.74) is 5.44. The van der Waals surface area contributed by atoms with Crippen molar-refractivity contribution in [2.24, 2.45) is 0 Å². The number of benzene rings is 2. The quantitative estimate of drug-likeness (QED) is 0.652. The highest BCUT2D eigenvalue weighted by atomic mass is 35.5. The Balaban J connectivity index is 1.60. The molecule has 1 aromatic heterocycles. The van der Waals surface area contributed by atoms with Crippen LogP contribution < -0.4 is 10.6 Å². The Labute approximate surface area is 158 Å². The number of carbonyl (C=O) groups excluding carboxylic acids is 1. The number of rotatable bonds is 5. The number of amides is 1. The first-order valence-electron chi connectivity index (χ1n) is 8.34. The minimum Gasteiger partial charge on any atom is -0.380 e. The first-order chi connectivity index (χ1) is 12.5. The summed E-state index contributed by atoms with van der Waals surface area (Å²) in [5, 5.41) is 6.86. The van der Waals surface area contributed by atoms with Gasteiger partial charge in [-0.1, -0.05) is 29.8 Å². The van der Waals surface area contributed by atoms with Gasteiger partial charge in [0.1, 0.15) is 5.69 Å². The van der Waals surface area contributed by atoms with Gasteiger partial charge >= 0.3 is 0 Å². The fourth-order valence-corrected chi connectivity index (χ4v) is 2.58.